The number of amides is 2. The Labute approximate surface area is 175 Å². The van der Waals surface area contributed by atoms with Gasteiger partial charge in [-0.3, -0.25) is 14.6 Å². The number of pyridine rings is 1. The molecule has 0 radical (unpaired) electrons. The first-order valence-electron chi connectivity index (χ1n) is 10.5. The van der Waals surface area contributed by atoms with Gasteiger partial charge in [0.05, 0.1) is 11.3 Å². The van der Waals surface area contributed by atoms with Crippen molar-refractivity contribution >= 4 is 11.8 Å². The third-order valence-corrected chi connectivity index (χ3v) is 6.05. The van der Waals surface area contributed by atoms with E-state index in [1.54, 1.807) is 6.20 Å². The van der Waals surface area contributed by atoms with Crippen molar-refractivity contribution < 1.29 is 9.59 Å². The summed E-state index contributed by atoms with van der Waals surface area (Å²) in [6, 6.07) is 13.5. The normalized spacial score (nSPS) is 18.2. The van der Waals surface area contributed by atoms with Crippen LogP contribution in [0.15, 0.2) is 48.7 Å². The standard InChI is InChI=1S/C24H24N4O2/c1-15-14-26-23(29)19-13-21(27-22(15)19)18-8-9-25-20(12-18)16-4-6-17(7-5-16)24(30)28-10-2-3-11-28/h4-9,12-13,15,27H,2-3,10-11,14H2,1H3,(H,26,29). The molecule has 1 saturated heterocycles. The van der Waals surface area contributed by atoms with E-state index in [4.69, 9.17) is 0 Å². The van der Waals surface area contributed by atoms with E-state index in [0.29, 0.717) is 17.7 Å². The van der Waals surface area contributed by atoms with Gasteiger partial charge >= 0.3 is 0 Å². The number of rotatable bonds is 3. The zero-order valence-electron chi connectivity index (χ0n) is 16.9. The smallest absolute Gasteiger partial charge is 0.253 e. The number of carbonyl (C=O) groups is 2. The monoisotopic (exact) mass is 400 g/mol. The molecule has 6 nitrogen and oxygen atoms in total. The highest BCUT2D eigenvalue weighted by atomic mass is 16.2. The molecule has 4 heterocycles. The third-order valence-electron chi connectivity index (χ3n) is 6.05. The van der Waals surface area contributed by atoms with Crippen LogP contribution in [0.5, 0.6) is 0 Å². The number of hydrogen-bond donors (Lipinski definition) is 2. The number of likely N-dealkylation sites (tertiary alicyclic amines) is 1. The minimum atomic E-state index is -0.0295. The van der Waals surface area contributed by atoms with E-state index in [1.807, 2.05) is 47.4 Å². The Hall–Kier alpha value is -3.41. The van der Waals surface area contributed by atoms with Crippen LogP contribution in [0.1, 0.15) is 52.1 Å². The molecule has 6 heteroatoms. The summed E-state index contributed by atoms with van der Waals surface area (Å²) < 4.78 is 0. The van der Waals surface area contributed by atoms with Crippen LogP contribution in [-0.4, -0.2) is 46.3 Å². The topological polar surface area (TPSA) is 78.1 Å². The number of benzene rings is 1. The Balaban J connectivity index is 1.42. The van der Waals surface area contributed by atoms with Crippen LogP contribution in [0.2, 0.25) is 0 Å². The van der Waals surface area contributed by atoms with Gasteiger partial charge in [0.2, 0.25) is 0 Å². The molecule has 2 aromatic heterocycles. The molecule has 1 fully saturated rings. The highest BCUT2D eigenvalue weighted by Gasteiger charge is 2.25. The average Bonchev–Trinajstić information content (AvgIpc) is 3.47. The van der Waals surface area contributed by atoms with Crippen molar-refractivity contribution in [1.29, 1.82) is 0 Å². The number of fused-ring (bicyclic) bond motifs is 1. The Morgan fingerprint density at radius 3 is 2.57 bits per heavy atom. The Morgan fingerprint density at radius 2 is 1.83 bits per heavy atom. The van der Waals surface area contributed by atoms with Gasteiger partial charge in [-0.25, -0.2) is 0 Å². The lowest BCUT2D eigenvalue weighted by Crippen LogP contribution is -2.33. The first kappa shape index (κ1) is 18.6. The molecule has 0 bridgehead atoms. The molecule has 2 aliphatic heterocycles. The number of hydrogen-bond acceptors (Lipinski definition) is 3. The first-order chi connectivity index (χ1) is 14.6. The molecule has 152 valence electrons. The van der Waals surface area contributed by atoms with Crippen molar-refractivity contribution in [2.24, 2.45) is 0 Å². The van der Waals surface area contributed by atoms with E-state index in [0.717, 1.165) is 54.1 Å². The van der Waals surface area contributed by atoms with Gasteiger partial charge in [-0.2, -0.15) is 0 Å². The van der Waals surface area contributed by atoms with Gasteiger partial charge in [-0.15, -0.1) is 0 Å². The minimum absolute atomic E-state index is 0.0295. The van der Waals surface area contributed by atoms with E-state index < -0.39 is 0 Å². The summed E-state index contributed by atoms with van der Waals surface area (Å²) in [5.74, 6) is 0.330. The summed E-state index contributed by atoms with van der Waals surface area (Å²) in [5.41, 5.74) is 6.09. The summed E-state index contributed by atoms with van der Waals surface area (Å²) in [7, 11) is 0. The van der Waals surface area contributed by atoms with Gasteiger partial charge in [0.15, 0.2) is 0 Å². The fourth-order valence-corrected chi connectivity index (χ4v) is 4.29. The van der Waals surface area contributed by atoms with Gasteiger partial charge in [-0.1, -0.05) is 19.1 Å². The van der Waals surface area contributed by atoms with Crippen molar-refractivity contribution in [3.05, 3.63) is 65.5 Å². The molecule has 1 aromatic carbocycles. The second kappa shape index (κ2) is 7.44. The van der Waals surface area contributed by atoms with Crippen LogP contribution in [0, 0.1) is 0 Å². The van der Waals surface area contributed by atoms with Crippen molar-refractivity contribution in [3.8, 4) is 22.5 Å². The van der Waals surface area contributed by atoms with Gasteiger partial charge in [0.25, 0.3) is 11.8 Å². The van der Waals surface area contributed by atoms with E-state index >= 15 is 0 Å². The Bertz CT molecular complexity index is 1110. The fourth-order valence-electron chi connectivity index (χ4n) is 4.29. The van der Waals surface area contributed by atoms with Crippen LogP contribution in [0.3, 0.4) is 0 Å². The highest BCUT2D eigenvalue weighted by Crippen LogP contribution is 2.30. The zero-order valence-corrected chi connectivity index (χ0v) is 16.9. The maximum atomic E-state index is 12.6. The Kier molecular flexibility index (Phi) is 4.62. The van der Waals surface area contributed by atoms with Gasteiger partial charge in [-0.05, 0) is 43.2 Å². The molecular weight excluding hydrogens is 376 g/mol. The number of nitrogens with one attached hydrogen (secondary N) is 2. The summed E-state index contributed by atoms with van der Waals surface area (Å²) in [4.78, 5) is 34.6. The number of carbonyl (C=O) groups excluding carboxylic acids is 2. The zero-order chi connectivity index (χ0) is 20.7. The number of H-pyrrole nitrogens is 1. The van der Waals surface area contributed by atoms with Crippen LogP contribution in [0.25, 0.3) is 22.5 Å². The summed E-state index contributed by atoms with van der Waals surface area (Å²) in [5, 5.41) is 2.92. The lowest BCUT2D eigenvalue weighted by molar-refractivity contribution is 0.0792. The van der Waals surface area contributed by atoms with Gasteiger partial charge in [0.1, 0.15) is 0 Å². The lowest BCUT2D eigenvalue weighted by atomic mass is 9.99. The van der Waals surface area contributed by atoms with E-state index in [9.17, 15) is 9.59 Å². The van der Waals surface area contributed by atoms with E-state index in [1.165, 1.54) is 0 Å². The number of aromatic amines is 1. The first-order valence-corrected chi connectivity index (χ1v) is 10.5. The number of aromatic nitrogens is 2. The molecular formula is C24H24N4O2. The molecule has 2 N–H and O–H groups in total. The molecule has 1 atom stereocenters. The van der Waals surface area contributed by atoms with Crippen molar-refractivity contribution in [1.82, 2.24) is 20.2 Å². The highest BCUT2D eigenvalue weighted by molar-refractivity contribution is 5.98. The second-order valence-electron chi connectivity index (χ2n) is 8.13. The van der Waals surface area contributed by atoms with Gasteiger partial charge in [0, 0.05) is 59.8 Å². The van der Waals surface area contributed by atoms with E-state index in [2.05, 4.69) is 22.2 Å². The fraction of sp³-hybridized carbons (Fsp3) is 0.292. The maximum Gasteiger partial charge on any atom is 0.253 e. The lowest BCUT2D eigenvalue weighted by Gasteiger charge is -2.18. The Morgan fingerprint density at radius 1 is 1.07 bits per heavy atom. The molecule has 0 spiro atoms. The molecule has 0 aliphatic carbocycles. The predicted octanol–water partition coefficient (Wildman–Crippen LogP) is 3.83. The minimum Gasteiger partial charge on any atom is -0.357 e. The van der Waals surface area contributed by atoms with Crippen LogP contribution >= 0.6 is 0 Å². The van der Waals surface area contributed by atoms with Crippen molar-refractivity contribution in [3.63, 3.8) is 0 Å². The summed E-state index contributed by atoms with van der Waals surface area (Å²) >= 11 is 0. The van der Waals surface area contributed by atoms with Crippen LogP contribution in [0.4, 0.5) is 0 Å². The second-order valence-corrected chi connectivity index (χ2v) is 8.13. The van der Waals surface area contributed by atoms with Gasteiger partial charge < -0.3 is 15.2 Å². The third kappa shape index (κ3) is 3.28. The van der Waals surface area contributed by atoms with Crippen molar-refractivity contribution in [2.75, 3.05) is 19.6 Å². The molecule has 0 saturated carbocycles. The molecule has 1 unspecified atom stereocenters. The van der Waals surface area contributed by atoms with Crippen molar-refractivity contribution in [2.45, 2.75) is 25.7 Å². The maximum absolute atomic E-state index is 12.6. The largest absolute Gasteiger partial charge is 0.357 e. The number of nitrogens with zero attached hydrogens (tertiary/aromatic N) is 2. The molecule has 30 heavy (non-hydrogen) atoms. The molecule has 3 aromatic rings. The predicted molar refractivity (Wildman–Crippen MR) is 115 cm³/mol. The summed E-state index contributed by atoms with van der Waals surface area (Å²) in [6.07, 6.45) is 3.95. The SMILES string of the molecule is CC1CNC(=O)c2cc(-c3ccnc(-c4ccc(C(=O)N5CCCC5)cc4)c3)[nH]c21. The quantitative estimate of drug-likeness (QED) is 0.701. The van der Waals surface area contributed by atoms with E-state index in [-0.39, 0.29) is 17.7 Å². The molecule has 2 amide bonds. The summed E-state index contributed by atoms with van der Waals surface area (Å²) in [6.45, 7) is 4.44. The van der Waals surface area contributed by atoms with Crippen LogP contribution in [-0.2, 0) is 0 Å². The molecule has 2 aliphatic rings. The average molecular weight is 400 g/mol. The van der Waals surface area contributed by atoms with Crippen LogP contribution < -0.4 is 5.32 Å². The molecule has 5 rings (SSSR count).